The number of ether oxygens (including phenoxy) is 2. The fourth-order valence-corrected chi connectivity index (χ4v) is 4.77. The fraction of sp³-hybridized carbons (Fsp3) is 0.320. The summed E-state index contributed by atoms with van der Waals surface area (Å²) >= 11 is 7.85. The van der Waals surface area contributed by atoms with Crippen LogP contribution in [0.25, 0.3) is 0 Å². The third-order valence-corrected chi connectivity index (χ3v) is 6.58. The molecule has 0 bridgehead atoms. The van der Waals surface area contributed by atoms with E-state index in [1.807, 2.05) is 5.38 Å². The molecule has 4 rings (SSSR count). The highest BCUT2D eigenvalue weighted by Crippen LogP contribution is 2.41. The number of fused-ring (bicyclic) bond motifs is 1. The summed E-state index contributed by atoms with van der Waals surface area (Å²) in [4.78, 5) is 28.8. The van der Waals surface area contributed by atoms with Crippen LogP contribution in [-0.2, 0) is 16.6 Å². The predicted octanol–water partition coefficient (Wildman–Crippen LogP) is 6.26. The summed E-state index contributed by atoms with van der Waals surface area (Å²) in [5.41, 5.74) is 2.05. The van der Waals surface area contributed by atoms with E-state index in [2.05, 4.69) is 25.8 Å². The molecular weight excluding hydrogens is 462 g/mol. The largest absolute Gasteiger partial charge is 0.493 e. The van der Waals surface area contributed by atoms with Crippen LogP contribution in [0.4, 0.5) is 0 Å². The first kappa shape index (κ1) is 23.3. The first-order valence-electron chi connectivity index (χ1n) is 10.6. The summed E-state index contributed by atoms with van der Waals surface area (Å²) in [5, 5.41) is 12.5. The average molecular weight is 486 g/mol. The summed E-state index contributed by atoms with van der Waals surface area (Å²) < 4.78 is 11.5. The standard InChI is InChI=1S/C25H24ClNO5S/c1-25(2,3)22-13-33-23(27-22)11-19(28)14-4-6-15(7-5-14)32-21-12-20-17(10-18(21)26)16(24(29)30)8-9-31-20/h4-7,10,12-13,16H,8-9,11H2,1-3H3,(H,29,30). The van der Waals surface area contributed by atoms with Crippen LogP contribution in [0.1, 0.15) is 59.7 Å². The number of carboxylic acid groups (broad SMARTS) is 1. The predicted molar refractivity (Wildman–Crippen MR) is 127 cm³/mol. The highest BCUT2D eigenvalue weighted by molar-refractivity contribution is 7.09. The second-order valence-electron chi connectivity index (χ2n) is 8.95. The van der Waals surface area contributed by atoms with Gasteiger partial charge >= 0.3 is 5.97 Å². The van der Waals surface area contributed by atoms with Gasteiger partial charge in [-0.15, -0.1) is 11.3 Å². The molecule has 0 spiro atoms. The summed E-state index contributed by atoms with van der Waals surface area (Å²) in [6.07, 6.45) is 0.645. The van der Waals surface area contributed by atoms with Gasteiger partial charge in [0.1, 0.15) is 22.3 Å². The summed E-state index contributed by atoms with van der Waals surface area (Å²) in [6, 6.07) is 10.0. The van der Waals surface area contributed by atoms with Crippen LogP contribution in [-0.4, -0.2) is 28.4 Å². The molecular formula is C25H24ClNO5S. The number of hydrogen-bond donors (Lipinski definition) is 1. The Morgan fingerprint density at radius 3 is 2.61 bits per heavy atom. The molecule has 1 atom stereocenters. The monoisotopic (exact) mass is 485 g/mol. The molecule has 0 aliphatic carbocycles. The second-order valence-corrected chi connectivity index (χ2v) is 10.3. The molecule has 0 saturated carbocycles. The molecule has 33 heavy (non-hydrogen) atoms. The number of aliphatic carboxylic acids is 1. The molecule has 1 N–H and O–H groups in total. The number of thiazole rings is 1. The molecule has 172 valence electrons. The Morgan fingerprint density at radius 2 is 1.97 bits per heavy atom. The smallest absolute Gasteiger partial charge is 0.311 e. The molecule has 0 saturated heterocycles. The zero-order chi connectivity index (χ0) is 23.8. The molecule has 2 heterocycles. The minimum absolute atomic E-state index is 0.0173. The number of nitrogens with zero attached hydrogens (tertiary/aromatic N) is 1. The summed E-state index contributed by atoms with van der Waals surface area (Å²) in [6.45, 7) is 6.60. The van der Waals surface area contributed by atoms with Gasteiger partial charge in [0.2, 0.25) is 0 Å². The van der Waals surface area contributed by atoms with E-state index in [9.17, 15) is 14.7 Å². The van der Waals surface area contributed by atoms with Crippen LogP contribution >= 0.6 is 22.9 Å². The van der Waals surface area contributed by atoms with Gasteiger partial charge in [-0.1, -0.05) is 32.4 Å². The maximum Gasteiger partial charge on any atom is 0.311 e. The molecule has 8 heteroatoms. The molecule has 6 nitrogen and oxygen atoms in total. The lowest BCUT2D eigenvalue weighted by Crippen LogP contribution is -2.20. The minimum atomic E-state index is -0.906. The molecule has 1 aliphatic heterocycles. The third-order valence-electron chi connectivity index (χ3n) is 5.44. The van der Waals surface area contributed by atoms with Crippen molar-refractivity contribution in [2.45, 2.75) is 44.9 Å². The Labute approximate surface area is 201 Å². The van der Waals surface area contributed by atoms with Crippen LogP contribution < -0.4 is 9.47 Å². The van der Waals surface area contributed by atoms with E-state index in [1.54, 1.807) is 36.4 Å². The fourth-order valence-electron chi connectivity index (χ4n) is 3.54. The van der Waals surface area contributed by atoms with Crippen molar-refractivity contribution in [2.24, 2.45) is 0 Å². The maximum absolute atomic E-state index is 12.7. The van der Waals surface area contributed by atoms with Crippen LogP contribution in [0.5, 0.6) is 17.2 Å². The first-order valence-corrected chi connectivity index (χ1v) is 11.8. The van der Waals surface area contributed by atoms with Gasteiger partial charge < -0.3 is 14.6 Å². The number of ketones is 1. The molecule has 0 amide bonds. The molecule has 1 aromatic heterocycles. The lowest BCUT2D eigenvalue weighted by molar-refractivity contribution is -0.139. The van der Waals surface area contributed by atoms with Gasteiger partial charge in [-0.05, 0) is 36.8 Å². The van der Waals surface area contributed by atoms with Crippen LogP contribution in [0, 0.1) is 0 Å². The number of carbonyl (C=O) groups is 2. The van der Waals surface area contributed by atoms with Crippen molar-refractivity contribution < 1.29 is 24.2 Å². The molecule has 0 fully saturated rings. The quantitative estimate of drug-likeness (QED) is 0.414. The topological polar surface area (TPSA) is 85.7 Å². The van der Waals surface area contributed by atoms with Crippen molar-refractivity contribution >= 4 is 34.7 Å². The number of aromatic nitrogens is 1. The van der Waals surface area contributed by atoms with Crippen LogP contribution in [0.2, 0.25) is 5.02 Å². The van der Waals surface area contributed by atoms with Crippen molar-refractivity contribution in [3.63, 3.8) is 0 Å². The second kappa shape index (κ2) is 9.15. The summed E-state index contributed by atoms with van der Waals surface area (Å²) in [5.74, 6) is -0.254. The van der Waals surface area contributed by atoms with Gasteiger partial charge in [0.25, 0.3) is 0 Å². The van der Waals surface area contributed by atoms with Gasteiger partial charge in [-0.3, -0.25) is 9.59 Å². The number of benzene rings is 2. The van der Waals surface area contributed by atoms with Gasteiger partial charge in [0.15, 0.2) is 5.78 Å². The zero-order valence-corrected chi connectivity index (χ0v) is 20.1. The Bertz CT molecular complexity index is 1200. The Kier molecular flexibility index (Phi) is 6.45. The number of halogens is 1. The van der Waals surface area contributed by atoms with E-state index < -0.39 is 11.9 Å². The van der Waals surface area contributed by atoms with Gasteiger partial charge in [0, 0.05) is 28.0 Å². The van der Waals surface area contributed by atoms with E-state index in [1.165, 1.54) is 11.3 Å². The van der Waals surface area contributed by atoms with E-state index in [-0.39, 0.29) is 17.6 Å². The van der Waals surface area contributed by atoms with Crippen LogP contribution in [0.15, 0.2) is 41.8 Å². The third kappa shape index (κ3) is 5.20. The highest BCUT2D eigenvalue weighted by Gasteiger charge is 2.29. The van der Waals surface area contributed by atoms with Crippen molar-refractivity contribution in [3.8, 4) is 17.2 Å². The first-order chi connectivity index (χ1) is 15.6. The number of hydrogen-bond acceptors (Lipinski definition) is 6. The molecule has 2 aromatic carbocycles. The van der Waals surface area contributed by atoms with E-state index >= 15 is 0 Å². The SMILES string of the molecule is CC(C)(C)c1csc(CC(=O)c2ccc(Oc3cc4c(cc3Cl)C(C(=O)O)CCO4)cc2)n1. The lowest BCUT2D eigenvalue weighted by atomic mass is 9.93. The average Bonchev–Trinajstić information content (AvgIpc) is 3.23. The minimum Gasteiger partial charge on any atom is -0.493 e. The number of rotatable bonds is 6. The van der Waals surface area contributed by atoms with Crippen molar-refractivity contribution in [2.75, 3.05) is 6.61 Å². The van der Waals surface area contributed by atoms with Crippen LogP contribution in [0.3, 0.4) is 0 Å². The van der Waals surface area contributed by atoms with E-state index in [0.29, 0.717) is 46.4 Å². The molecule has 3 aromatic rings. The van der Waals surface area contributed by atoms with Crippen molar-refractivity contribution in [3.05, 3.63) is 68.6 Å². The molecule has 1 unspecified atom stereocenters. The van der Waals surface area contributed by atoms with Gasteiger partial charge in [-0.2, -0.15) is 0 Å². The number of carboxylic acids is 1. The Morgan fingerprint density at radius 1 is 1.24 bits per heavy atom. The van der Waals surface area contributed by atoms with E-state index in [0.717, 1.165) is 10.7 Å². The highest BCUT2D eigenvalue weighted by atomic mass is 35.5. The Hall–Kier alpha value is -2.90. The van der Waals surface area contributed by atoms with Crippen molar-refractivity contribution in [1.29, 1.82) is 0 Å². The van der Waals surface area contributed by atoms with E-state index in [4.69, 9.17) is 21.1 Å². The van der Waals surface area contributed by atoms with Gasteiger partial charge in [-0.25, -0.2) is 4.98 Å². The van der Waals surface area contributed by atoms with Crippen molar-refractivity contribution in [1.82, 2.24) is 4.98 Å². The number of Topliss-reactive ketones (excluding diaryl/α,β-unsaturated/α-hetero) is 1. The molecule has 1 aliphatic rings. The zero-order valence-electron chi connectivity index (χ0n) is 18.6. The normalized spacial score (nSPS) is 15.5. The summed E-state index contributed by atoms with van der Waals surface area (Å²) in [7, 11) is 0. The Balaban J connectivity index is 1.46. The number of carbonyl (C=O) groups excluding carboxylic acids is 1. The molecule has 0 radical (unpaired) electrons. The van der Waals surface area contributed by atoms with Gasteiger partial charge in [0.05, 0.1) is 29.7 Å². The maximum atomic E-state index is 12.7. The lowest BCUT2D eigenvalue weighted by Gasteiger charge is -2.24.